The monoisotopic (exact) mass is 1420 g/mol. The third kappa shape index (κ3) is 72.2. The van der Waals surface area contributed by atoms with Gasteiger partial charge in [-0.05, 0) is 25.7 Å². The van der Waals surface area contributed by atoms with Crippen molar-refractivity contribution in [2.45, 2.75) is 438 Å². The van der Waals surface area contributed by atoms with E-state index in [0.29, 0.717) is 25.7 Å². The average Bonchev–Trinajstić information content (AvgIpc) is 1.04. The number of carbonyl (C=O) groups excluding carboxylic acids is 4. The zero-order valence-corrected chi connectivity index (χ0v) is 64.8. The van der Waals surface area contributed by atoms with E-state index in [2.05, 4.69) is 27.7 Å². The lowest BCUT2D eigenvalue weighted by Gasteiger charge is -2.21. The zero-order chi connectivity index (χ0) is 71.1. The van der Waals surface area contributed by atoms with Crippen molar-refractivity contribution in [3.05, 3.63) is 0 Å². The molecule has 0 saturated carbocycles. The van der Waals surface area contributed by atoms with E-state index in [1.807, 2.05) is 0 Å². The lowest BCUT2D eigenvalue weighted by molar-refractivity contribution is -0.161. The van der Waals surface area contributed by atoms with Crippen LogP contribution in [-0.4, -0.2) is 96.7 Å². The van der Waals surface area contributed by atoms with E-state index in [-0.39, 0.29) is 25.7 Å². The highest BCUT2D eigenvalue weighted by Gasteiger charge is 2.30. The van der Waals surface area contributed by atoms with Gasteiger partial charge in [0.25, 0.3) is 0 Å². The number of hydrogen-bond acceptors (Lipinski definition) is 15. The summed E-state index contributed by atoms with van der Waals surface area (Å²) in [6, 6.07) is 0. The quantitative estimate of drug-likeness (QED) is 0.0222. The molecule has 0 aliphatic carbocycles. The van der Waals surface area contributed by atoms with E-state index in [1.165, 1.54) is 238 Å². The average molecular weight is 1420 g/mol. The van der Waals surface area contributed by atoms with Crippen LogP contribution in [0.2, 0.25) is 0 Å². The number of rotatable bonds is 79. The van der Waals surface area contributed by atoms with Crippen LogP contribution in [0.15, 0.2) is 0 Å². The van der Waals surface area contributed by atoms with Gasteiger partial charge in [0.15, 0.2) is 12.2 Å². The Morgan fingerprint density at radius 2 is 0.412 bits per heavy atom. The fourth-order valence-corrected chi connectivity index (χ4v) is 13.7. The molecule has 97 heavy (non-hydrogen) atoms. The third-order valence-corrected chi connectivity index (χ3v) is 20.3. The van der Waals surface area contributed by atoms with Crippen LogP contribution in [0.1, 0.15) is 419 Å². The van der Waals surface area contributed by atoms with Crippen LogP contribution in [0.4, 0.5) is 0 Å². The number of phosphoric ester groups is 2. The van der Waals surface area contributed by atoms with Gasteiger partial charge in [0.05, 0.1) is 26.4 Å². The predicted molar refractivity (Wildman–Crippen MR) is 395 cm³/mol. The van der Waals surface area contributed by atoms with Gasteiger partial charge < -0.3 is 33.8 Å². The molecule has 0 fully saturated rings. The maximum absolute atomic E-state index is 13.1. The number of esters is 4. The molecule has 576 valence electrons. The van der Waals surface area contributed by atoms with Crippen molar-refractivity contribution < 1.29 is 80.2 Å². The Morgan fingerprint density at radius 1 is 0.247 bits per heavy atom. The predicted octanol–water partition coefficient (Wildman–Crippen LogP) is 23.4. The van der Waals surface area contributed by atoms with Crippen molar-refractivity contribution in [2.75, 3.05) is 39.6 Å². The van der Waals surface area contributed by atoms with Crippen molar-refractivity contribution >= 4 is 39.5 Å². The molecule has 0 bridgehead atoms. The summed E-state index contributed by atoms with van der Waals surface area (Å²) in [7, 11) is -9.91. The van der Waals surface area contributed by atoms with E-state index >= 15 is 0 Å². The molecule has 0 aromatic rings. The molecule has 0 saturated heterocycles. The molecule has 0 rings (SSSR count). The molecule has 0 radical (unpaired) electrons. The van der Waals surface area contributed by atoms with Crippen LogP contribution < -0.4 is 0 Å². The Labute approximate surface area is 594 Å². The first kappa shape index (κ1) is 95.1. The van der Waals surface area contributed by atoms with Crippen LogP contribution in [0.25, 0.3) is 0 Å². The number of ether oxygens (including phenoxy) is 4. The maximum atomic E-state index is 13.1. The van der Waals surface area contributed by atoms with Gasteiger partial charge >= 0.3 is 39.5 Å². The first-order chi connectivity index (χ1) is 47.2. The Hall–Kier alpha value is -1.94. The Morgan fingerprint density at radius 3 is 0.608 bits per heavy atom. The number of carbonyl (C=O) groups is 4. The molecule has 0 amide bonds. The molecule has 2 unspecified atom stereocenters. The van der Waals surface area contributed by atoms with Crippen molar-refractivity contribution in [3.63, 3.8) is 0 Å². The molecular weight excluding hydrogens is 1270 g/mol. The minimum absolute atomic E-state index is 0.108. The molecule has 5 atom stereocenters. The van der Waals surface area contributed by atoms with E-state index in [0.717, 1.165) is 103 Å². The maximum Gasteiger partial charge on any atom is 0.472 e. The third-order valence-electron chi connectivity index (χ3n) is 18.4. The number of unbranched alkanes of at least 4 members (excludes halogenated alkanes) is 53. The minimum Gasteiger partial charge on any atom is -0.462 e. The van der Waals surface area contributed by atoms with Gasteiger partial charge in [0.1, 0.15) is 19.3 Å². The van der Waals surface area contributed by atoms with E-state index in [4.69, 9.17) is 37.0 Å². The summed E-state index contributed by atoms with van der Waals surface area (Å²) in [6.45, 7) is 4.97. The van der Waals surface area contributed by atoms with Crippen LogP contribution >= 0.6 is 15.6 Å². The second-order valence-corrected chi connectivity index (χ2v) is 31.0. The summed E-state index contributed by atoms with van der Waals surface area (Å²) >= 11 is 0. The molecule has 0 aromatic carbocycles. The summed E-state index contributed by atoms with van der Waals surface area (Å²) in [5.41, 5.74) is 0. The fourth-order valence-electron chi connectivity index (χ4n) is 12.1. The topological polar surface area (TPSA) is 237 Å². The molecule has 0 aromatic heterocycles. The standard InChI is InChI=1S/C78H152O17P2/c1-5-9-13-17-21-24-27-30-33-35-37-40-43-46-49-53-57-61-65-78(83)95-74(69-89-76(81)63-59-55-51-47-44-41-39-36-34-31-28-25-22-18-14-10-6-2)71-93-97(86,87)91-67-72(79)66-90-96(84,85)92-70-73(68-88-75(80)62-58-54-50-20-16-12-8-4)94-77(82)64-60-56-52-48-45-42-38-32-29-26-23-19-15-11-7-3/h72-74,79H,5-71H2,1-4H3,(H,84,85)(H,86,87)/t72-,73+,74+/m0/s1. The number of phosphoric acid groups is 2. The molecule has 17 nitrogen and oxygen atoms in total. The van der Waals surface area contributed by atoms with Gasteiger partial charge in [-0.3, -0.25) is 37.3 Å². The lowest BCUT2D eigenvalue weighted by atomic mass is 10.0. The summed E-state index contributed by atoms with van der Waals surface area (Å²) in [5, 5.41) is 10.6. The lowest BCUT2D eigenvalue weighted by Crippen LogP contribution is -2.30. The highest BCUT2D eigenvalue weighted by atomic mass is 31.2. The van der Waals surface area contributed by atoms with Crippen LogP contribution in [0.3, 0.4) is 0 Å². The molecule has 0 heterocycles. The molecule has 0 aliphatic rings. The van der Waals surface area contributed by atoms with Gasteiger partial charge in [-0.15, -0.1) is 0 Å². The summed E-state index contributed by atoms with van der Waals surface area (Å²) in [6.07, 6.45) is 63.9. The highest BCUT2D eigenvalue weighted by molar-refractivity contribution is 7.47. The van der Waals surface area contributed by atoms with Crippen LogP contribution in [0.5, 0.6) is 0 Å². The first-order valence-electron chi connectivity index (χ1n) is 40.8. The normalized spacial score (nSPS) is 13.8. The fraction of sp³-hybridized carbons (Fsp3) is 0.949. The molecule has 3 N–H and O–H groups in total. The van der Waals surface area contributed by atoms with Gasteiger partial charge in [0, 0.05) is 25.7 Å². The molecule has 0 aliphatic heterocycles. The molecule has 0 spiro atoms. The Kier molecular flexibility index (Phi) is 71.0. The summed E-state index contributed by atoms with van der Waals surface area (Å²) in [5.74, 6) is -2.11. The van der Waals surface area contributed by atoms with Crippen molar-refractivity contribution in [1.82, 2.24) is 0 Å². The Bertz CT molecular complexity index is 1840. The number of aliphatic hydroxyl groups excluding tert-OH is 1. The van der Waals surface area contributed by atoms with Crippen molar-refractivity contribution in [3.8, 4) is 0 Å². The van der Waals surface area contributed by atoms with Gasteiger partial charge in [-0.1, -0.05) is 368 Å². The Balaban J connectivity index is 5.18. The largest absolute Gasteiger partial charge is 0.472 e. The second kappa shape index (κ2) is 72.4. The van der Waals surface area contributed by atoms with Crippen LogP contribution in [-0.2, 0) is 65.4 Å². The zero-order valence-electron chi connectivity index (χ0n) is 63.1. The SMILES string of the molecule is CCCCCCCCCCCCCCCCCCCCC(=O)O[C@H](COC(=O)CCCCCCCCCCCCCCCCCCC)COP(=O)(O)OC[C@@H](O)COP(=O)(O)OC[C@@H](COC(=O)CCCCCCCCC)OC(=O)CCCCCCCCCCCCCCCCC. The smallest absolute Gasteiger partial charge is 0.462 e. The van der Waals surface area contributed by atoms with E-state index in [9.17, 15) is 43.2 Å². The molecule has 19 heteroatoms. The van der Waals surface area contributed by atoms with E-state index < -0.39 is 97.5 Å². The summed E-state index contributed by atoms with van der Waals surface area (Å²) in [4.78, 5) is 72.8. The van der Waals surface area contributed by atoms with Crippen molar-refractivity contribution in [2.24, 2.45) is 0 Å². The first-order valence-corrected chi connectivity index (χ1v) is 43.8. The number of hydrogen-bond donors (Lipinski definition) is 3. The summed E-state index contributed by atoms with van der Waals surface area (Å²) < 4.78 is 68.5. The van der Waals surface area contributed by atoms with Gasteiger partial charge in [-0.25, -0.2) is 9.13 Å². The number of aliphatic hydroxyl groups is 1. The second-order valence-electron chi connectivity index (χ2n) is 28.1. The van der Waals surface area contributed by atoms with E-state index in [1.54, 1.807) is 0 Å². The van der Waals surface area contributed by atoms with Gasteiger partial charge in [-0.2, -0.15) is 0 Å². The van der Waals surface area contributed by atoms with Gasteiger partial charge in [0.2, 0.25) is 0 Å². The molecular formula is C78H152O17P2. The minimum atomic E-state index is -4.96. The van der Waals surface area contributed by atoms with Crippen molar-refractivity contribution in [1.29, 1.82) is 0 Å². The highest BCUT2D eigenvalue weighted by Crippen LogP contribution is 2.45. The van der Waals surface area contributed by atoms with Crippen LogP contribution in [0, 0.1) is 0 Å².